The van der Waals surface area contributed by atoms with E-state index in [1.807, 2.05) is 55.1 Å². The van der Waals surface area contributed by atoms with Gasteiger partial charge in [0.15, 0.2) is 0 Å². The van der Waals surface area contributed by atoms with Gasteiger partial charge >= 0.3 is 12.1 Å². The van der Waals surface area contributed by atoms with E-state index in [1.54, 1.807) is 0 Å². The molecule has 1 heterocycles. The van der Waals surface area contributed by atoms with Crippen LogP contribution in [0.15, 0.2) is 48.5 Å². The molecular weight excluding hydrogens is 454 g/mol. The number of ether oxygens (including phenoxy) is 3. The highest BCUT2D eigenvalue weighted by Crippen LogP contribution is 2.56. The molecule has 1 aliphatic heterocycles. The quantitative estimate of drug-likeness (QED) is 0.351. The molecule has 36 heavy (non-hydrogen) atoms. The predicted octanol–water partition coefficient (Wildman–Crippen LogP) is 6.01. The third kappa shape index (κ3) is 4.95. The number of nitrogens with zero attached hydrogens (tertiary/aromatic N) is 1. The van der Waals surface area contributed by atoms with Crippen molar-refractivity contribution < 1.29 is 23.8 Å². The summed E-state index contributed by atoms with van der Waals surface area (Å²) < 4.78 is 16.9. The van der Waals surface area contributed by atoms with Gasteiger partial charge < -0.3 is 19.1 Å². The maximum Gasteiger partial charge on any atom is 0.410 e. The first-order chi connectivity index (χ1) is 17.5. The fraction of sp³-hybridized carbons (Fsp3) is 0.533. The number of benzene rings is 2. The number of hydrogen-bond acceptors (Lipinski definition) is 5. The molecule has 2 aliphatic carbocycles. The van der Waals surface area contributed by atoms with Gasteiger partial charge in [-0.3, -0.25) is 4.79 Å². The molecule has 1 saturated carbocycles. The second-order valence-corrected chi connectivity index (χ2v) is 11.0. The summed E-state index contributed by atoms with van der Waals surface area (Å²) in [5, 5.41) is 0. The Balaban J connectivity index is 1.31. The molecule has 2 fully saturated rings. The summed E-state index contributed by atoms with van der Waals surface area (Å²) in [6.07, 6.45) is 6.65. The Morgan fingerprint density at radius 3 is 2.69 bits per heavy atom. The second kappa shape index (κ2) is 10.5. The first kappa shape index (κ1) is 24.7. The summed E-state index contributed by atoms with van der Waals surface area (Å²) in [6.45, 7) is 4.94. The molecule has 2 aromatic carbocycles. The molecule has 192 valence electrons. The maximum atomic E-state index is 13.2. The smallest absolute Gasteiger partial charge is 0.410 e. The molecule has 6 nitrogen and oxygen atoms in total. The van der Waals surface area contributed by atoms with Crippen molar-refractivity contribution >= 4 is 12.1 Å². The largest absolute Gasteiger partial charge is 0.457 e. The van der Waals surface area contributed by atoms with E-state index < -0.39 is 0 Å². The average Bonchev–Trinajstić information content (AvgIpc) is 2.88. The number of carbonyl (C=O) groups is 2. The van der Waals surface area contributed by atoms with Crippen LogP contribution in [0.1, 0.15) is 69.1 Å². The third-order valence-corrected chi connectivity index (χ3v) is 8.27. The zero-order chi connectivity index (χ0) is 25.1. The predicted molar refractivity (Wildman–Crippen MR) is 137 cm³/mol. The fourth-order valence-electron chi connectivity index (χ4n) is 6.66. The minimum Gasteiger partial charge on any atom is -0.457 e. The van der Waals surface area contributed by atoms with Gasteiger partial charge in [-0.1, -0.05) is 63.1 Å². The maximum absolute atomic E-state index is 13.2. The van der Waals surface area contributed by atoms with Crippen molar-refractivity contribution in [1.29, 1.82) is 0 Å². The van der Waals surface area contributed by atoms with Crippen LogP contribution in [0.4, 0.5) is 4.79 Å². The van der Waals surface area contributed by atoms with Gasteiger partial charge in [0, 0.05) is 24.4 Å². The van der Waals surface area contributed by atoms with Crippen molar-refractivity contribution in [2.75, 3.05) is 13.3 Å². The topological polar surface area (TPSA) is 65.1 Å². The average molecular weight is 492 g/mol. The van der Waals surface area contributed by atoms with Crippen LogP contribution in [0.2, 0.25) is 0 Å². The van der Waals surface area contributed by atoms with Crippen LogP contribution >= 0.6 is 0 Å². The first-order valence-corrected chi connectivity index (χ1v) is 13.4. The summed E-state index contributed by atoms with van der Waals surface area (Å²) >= 11 is 0. The molecule has 0 aromatic heterocycles. The Bertz CT molecular complexity index is 1080. The number of esters is 1. The Morgan fingerprint density at radius 2 is 1.89 bits per heavy atom. The molecular formula is C30H37NO5. The van der Waals surface area contributed by atoms with E-state index in [-0.39, 0.29) is 36.2 Å². The number of likely N-dealkylation sites (tertiary alicyclic amines) is 1. The van der Waals surface area contributed by atoms with Gasteiger partial charge in [-0.15, -0.1) is 0 Å². The lowest BCUT2D eigenvalue weighted by Crippen LogP contribution is -2.62. The number of rotatable bonds is 7. The van der Waals surface area contributed by atoms with Crippen molar-refractivity contribution in [3.8, 4) is 5.75 Å². The summed E-state index contributed by atoms with van der Waals surface area (Å²) in [7, 11) is 0. The Hall–Kier alpha value is -3.02. The number of hydrogen-bond donors (Lipinski definition) is 0. The molecule has 0 spiro atoms. The van der Waals surface area contributed by atoms with Crippen LogP contribution in [0, 0.1) is 11.8 Å². The molecule has 3 atom stereocenters. The van der Waals surface area contributed by atoms with Gasteiger partial charge in [0.2, 0.25) is 6.79 Å². The normalized spacial score (nSPS) is 24.5. The van der Waals surface area contributed by atoms with Crippen molar-refractivity contribution in [1.82, 2.24) is 4.90 Å². The molecule has 5 rings (SSSR count). The zero-order valence-corrected chi connectivity index (χ0v) is 21.4. The first-order valence-electron chi connectivity index (χ1n) is 13.4. The molecule has 0 N–H and O–H groups in total. The lowest BCUT2D eigenvalue weighted by molar-refractivity contribution is -0.151. The van der Waals surface area contributed by atoms with Gasteiger partial charge in [-0.2, -0.15) is 0 Å². The molecule has 1 amide bonds. The van der Waals surface area contributed by atoms with Crippen LogP contribution in [0.25, 0.3) is 0 Å². The highest BCUT2D eigenvalue weighted by atomic mass is 16.7. The van der Waals surface area contributed by atoms with Gasteiger partial charge in [0.25, 0.3) is 0 Å². The SMILES string of the molecule is CC(C)CC(=O)OCOc1ccc2c(c1)[C@]13CCCC[C@@H]1[C@@H](C2)N(C(=O)OCc1ccccc1)CC3. The highest BCUT2D eigenvalue weighted by Gasteiger charge is 2.55. The third-order valence-electron chi connectivity index (χ3n) is 8.27. The number of carbonyl (C=O) groups excluding carboxylic acids is 2. The van der Waals surface area contributed by atoms with E-state index >= 15 is 0 Å². The van der Waals surface area contributed by atoms with Gasteiger partial charge in [0.1, 0.15) is 12.4 Å². The van der Waals surface area contributed by atoms with Crippen LogP contribution < -0.4 is 4.74 Å². The van der Waals surface area contributed by atoms with Crippen molar-refractivity contribution in [3.05, 3.63) is 65.2 Å². The molecule has 2 bridgehead atoms. The van der Waals surface area contributed by atoms with E-state index in [2.05, 4.69) is 12.1 Å². The minimum atomic E-state index is -0.233. The fourth-order valence-corrected chi connectivity index (χ4v) is 6.66. The minimum absolute atomic E-state index is 0.0651. The van der Waals surface area contributed by atoms with Gasteiger partial charge in [-0.25, -0.2) is 4.79 Å². The number of piperidine rings is 1. The lowest BCUT2D eigenvalue weighted by Gasteiger charge is -2.58. The van der Waals surface area contributed by atoms with Gasteiger partial charge in [-0.05, 0) is 66.3 Å². The van der Waals surface area contributed by atoms with Crippen LogP contribution in [-0.2, 0) is 32.7 Å². The van der Waals surface area contributed by atoms with Crippen LogP contribution in [-0.4, -0.2) is 36.3 Å². The molecule has 0 unspecified atom stereocenters. The lowest BCUT2D eigenvalue weighted by atomic mass is 9.52. The highest BCUT2D eigenvalue weighted by molar-refractivity contribution is 5.69. The van der Waals surface area contributed by atoms with E-state index in [4.69, 9.17) is 14.2 Å². The molecule has 6 heteroatoms. The van der Waals surface area contributed by atoms with Crippen LogP contribution in [0.3, 0.4) is 0 Å². The second-order valence-electron chi connectivity index (χ2n) is 11.0. The van der Waals surface area contributed by atoms with Crippen molar-refractivity contribution in [3.63, 3.8) is 0 Å². The monoisotopic (exact) mass is 491 g/mol. The molecule has 0 radical (unpaired) electrons. The zero-order valence-electron chi connectivity index (χ0n) is 21.4. The number of fused-ring (bicyclic) bond motifs is 1. The van der Waals surface area contributed by atoms with E-state index in [9.17, 15) is 9.59 Å². The molecule has 1 saturated heterocycles. The summed E-state index contributed by atoms with van der Waals surface area (Å²) in [4.78, 5) is 27.1. The number of amides is 1. The van der Waals surface area contributed by atoms with E-state index in [0.717, 1.165) is 37.0 Å². The van der Waals surface area contributed by atoms with Crippen molar-refractivity contribution in [2.45, 2.75) is 76.9 Å². The molecule has 2 aromatic rings. The Kier molecular flexibility index (Phi) is 7.22. The summed E-state index contributed by atoms with van der Waals surface area (Å²) in [5.74, 6) is 1.20. The Morgan fingerprint density at radius 1 is 1.06 bits per heavy atom. The molecule has 3 aliphatic rings. The standard InChI is InChI=1S/C30H37NO5/c1-21(2)16-28(32)36-20-35-24-12-11-23-17-27-25-10-6-7-13-30(25,26(23)18-24)14-15-31(27)29(33)34-19-22-8-4-3-5-9-22/h3-5,8-9,11-12,18,21,25,27H,6-7,10,13-17,19-20H2,1-2H3/t25-,27-,30+/m1/s1. The summed E-state index contributed by atoms with van der Waals surface area (Å²) in [5.41, 5.74) is 3.74. The van der Waals surface area contributed by atoms with E-state index in [0.29, 0.717) is 25.5 Å². The van der Waals surface area contributed by atoms with E-state index in [1.165, 1.54) is 24.0 Å². The summed E-state index contributed by atoms with van der Waals surface area (Å²) in [6, 6.07) is 16.3. The van der Waals surface area contributed by atoms with Crippen molar-refractivity contribution in [2.24, 2.45) is 11.8 Å². The van der Waals surface area contributed by atoms with Gasteiger partial charge in [0.05, 0.1) is 0 Å². The Labute approximate surface area is 213 Å². The van der Waals surface area contributed by atoms with Crippen LogP contribution in [0.5, 0.6) is 5.75 Å².